The molecule has 136 valence electrons. The highest BCUT2D eigenvalue weighted by Gasteiger charge is 2.28. The molecule has 26 heavy (non-hydrogen) atoms. The number of carbonyl (C=O) groups is 2. The highest BCUT2D eigenvalue weighted by molar-refractivity contribution is 6.30. The minimum absolute atomic E-state index is 0.0230. The molecule has 6 heteroatoms. The Morgan fingerprint density at radius 3 is 2.54 bits per heavy atom. The van der Waals surface area contributed by atoms with Crippen LogP contribution in [0.15, 0.2) is 54.6 Å². The number of benzene rings is 2. The Kier molecular flexibility index (Phi) is 5.91. The molecule has 0 radical (unpaired) electrons. The molecule has 0 bridgehead atoms. The molecule has 3 rings (SSSR count). The van der Waals surface area contributed by atoms with Crippen molar-refractivity contribution in [3.63, 3.8) is 0 Å². The fraction of sp³-hybridized carbons (Fsp3) is 0.300. The Labute approximate surface area is 158 Å². The minimum atomic E-state index is -0.0751. The first kappa shape index (κ1) is 18.4. The van der Waals surface area contributed by atoms with Crippen LogP contribution in [0.2, 0.25) is 5.02 Å². The summed E-state index contributed by atoms with van der Waals surface area (Å²) in [6.45, 7) is 0.974. The minimum Gasteiger partial charge on any atom is -0.340 e. The fourth-order valence-corrected chi connectivity index (χ4v) is 3.11. The number of likely N-dealkylation sites (N-methyl/N-ethyl adjacent to an activating group) is 1. The normalized spacial score (nSPS) is 17.2. The van der Waals surface area contributed by atoms with Gasteiger partial charge in [-0.3, -0.25) is 14.9 Å². The molecule has 1 atom stereocenters. The summed E-state index contributed by atoms with van der Waals surface area (Å²) in [5.74, 6) is -0.0980. The molecule has 1 aliphatic heterocycles. The summed E-state index contributed by atoms with van der Waals surface area (Å²) in [5.41, 5.74) is 2.09. The average Bonchev–Trinajstić information content (AvgIpc) is 2.64. The zero-order chi connectivity index (χ0) is 18.5. The van der Waals surface area contributed by atoms with Crippen LogP contribution in [-0.4, -0.2) is 41.9 Å². The summed E-state index contributed by atoms with van der Waals surface area (Å²) in [6.07, 6.45) is 0.331. The second-order valence-electron chi connectivity index (χ2n) is 6.50. The number of hydrogen-bond acceptors (Lipinski definition) is 3. The van der Waals surface area contributed by atoms with Crippen LogP contribution in [0.4, 0.5) is 0 Å². The van der Waals surface area contributed by atoms with Gasteiger partial charge in [0.05, 0.1) is 6.67 Å². The molecule has 2 aromatic carbocycles. The number of nitrogens with zero attached hydrogens (tertiary/aromatic N) is 2. The van der Waals surface area contributed by atoms with E-state index in [4.69, 9.17) is 11.6 Å². The number of amides is 2. The van der Waals surface area contributed by atoms with Crippen molar-refractivity contribution in [1.29, 1.82) is 0 Å². The molecule has 1 aliphatic rings. The van der Waals surface area contributed by atoms with Gasteiger partial charge in [-0.15, -0.1) is 0 Å². The van der Waals surface area contributed by atoms with E-state index < -0.39 is 0 Å². The van der Waals surface area contributed by atoms with E-state index in [2.05, 4.69) is 5.32 Å². The van der Waals surface area contributed by atoms with Crippen LogP contribution >= 0.6 is 11.6 Å². The topological polar surface area (TPSA) is 52.7 Å². The number of hydrogen-bond donors (Lipinski definition) is 1. The van der Waals surface area contributed by atoms with Crippen molar-refractivity contribution in [3.8, 4) is 0 Å². The Balaban J connectivity index is 1.53. The smallest absolute Gasteiger partial charge is 0.242 e. The van der Waals surface area contributed by atoms with Crippen molar-refractivity contribution in [2.24, 2.45) is 0 Å². The van der Waals surface area contributed by atoms with Gasteiger partial charge in [0.15, 0.2) is 0 Å². The first-order valence-electron chi connectivity index (χ1n) is 8.57. The molecule has 1 heterocycles. The second-order valence-corrected chi connectivity index (χ2v) is 6.93. The maximum Gasteiger partial charge on any atom is 0.242 e. The van der Waals surface area contributed by atoms with Crippen LogP contribution in [0.25, 0.3) is 0 Å². The predicted molar refractivity (Wildman–Crippen MR) is 101 cm³/mol. The van der Waals surface area contributed by atoms with Gasteiger partial charge in [-0.25, -0.2) is 0 Å². The molecule has 5 nitrogen and oxygen atoms in total. The Morgan fingerprint density at radius 2 is 1.88 bits per heavy atom. The summed E-state index contributed by atoms with van der Waals surface area (Å²) in [6, 6.07) is 17.2. The predicted octanol–water partition coefficient (Wildman–Crippen LogP) is 2.82. The standard InChI is InChI=1S/C20H22ClN3O2/c1-23(12-15-5-3-2-4-6-15)20(26)13-24-14-22-18(11-19(24)25)16-7-9-17(21)10-8-16/h2-10,18,22H,11-14H2,1H3. The van der Waals surface area contributed by atoms with Crippen molar-refractivity contribution >= 4 is 23.4 Å². The second kappa shape index (κ2) is 8.34. The summed E-state index contributed by atoms with van der Waals surface area (Å²) in [7, 11) is 1.76. The molecule has 1 unspecified atom stereocenters. The number of carbonyl (C=O) groups excluding carboxylic acids is 2. The van der Waals surface area contributed by atoms with Gasteiger partial charge in [-0.1, -0.05) is 54.1 Å². The van der Waals surface area contributed by atoms with Crippen molar-refractivity contribution in [1.82, 2.24) is 15.1 Å². The lowest BCUT2D eigenvalue weighted by atomic mass is 10.0. The Morgan fingerprint density at radius 1 is 1.19 bits per heavy atom. The maximum atomic E-state index is 12.5. The third-order valence-corrected chi connectivity index (χ3v) is 4.80. The summed E-state index contributed by atoms with van der Waals surface area (Å²) in [4.78, 5) is 28.1. The van der Waals surface area contributed by atoms with Gasteiger partial charge >= 0.3 is 0 Å². The highest BCUT2D eigenvalue weighted by Crippen LogP contribution is 2.23. The zero-order valence-corrected chi connectivity index (χ0v) is 15.4. The number of rotatable bonds is 5. The van der Waals surface area contributed by atoms with Crippen LogP contribution < -0.4 is 5.32 Å². The highest BCUT2D eigenvalue weighted by atomic mass is 35.5. The van der Waals surface area contributed by atoms with Crippen LogP contribution in [-0.2, 0) is 16.1 Å². The maximum absolute atomic E-state index is 12.5. The fourth-order valence-electron chi connectivity index (χ4n) is 2.99. The molecule has 0 spiro atoms. The molecule has 0 aliphatic carbocycles. The molecule has 0 saturated carbocycles. The molecule has 2 aromatic rings. The van der Waals surface area contributed by atoms with E-state index in [-0.39, 0.29) is 24.4 Å². The van der Waals surface area contributed by atoms with Crippen molar-refractivity contribution in [2.45, 2.75) is 19.0 Å². The van der Waals surface area contributed by atoms with Gasteiger partial charge in [0.25, 0.3) is 0 Å². The van der Waals surface area contributed by atoms with E-state index in [1.165, 1.54) is 0 Å². The average molecular weight is 372 g/mol. The van der Waals surface area contributed by atoms with Crippen LogP contribution in [0.1, 0.15) is 23.6 Å². The molecule has 1 fully saturated rings. The van der Waals surface area contributed by atoms with E-state index in [1.54, 1.807) is 16.8 Å². The van der Waals surface area contributed by atoms with Crippen molar-refractivity contribution < 1.29 is 9.59 Å². The first-order chi connectivity index (χ1) is 12.5. The Bertz CT molecular complexity index is 764. The largest absolute Gasteiger partial charge is 0.340 e. The zero-order valence-electron chi connectivity index (χ0n) is 14.7. The lowest BCUT2D eigenvalue weighted by molar-refractivity contribution is -0.142. The van der Waals surface area contributed by atoms with Crippen molar-refractivity contribution in [3.05, 3.63) is 70.7 Å². The van der Waals surface area contributed by atoms with Gasteiger partial charge in [-0.05, 0) is 23.3 Å². The summed E-state index contributed by atoms with van der Waals surface area (Å²) < 4.78 is 0. The third kappa shape index (κ3) is 4.62. The van der Waals surface area contributed by atoms with Gasteiger partial charge in [0.1, 0.15) is 6.54 Å². The van der Waals surface area contributed by atoms with E-state index in [9.17, 15) is 9.59 Å². The molecule has 1 N–H and O–H groups in total. The first-order valence-corrected chi connectivity index (χ1v) is 8.95. The van der Waals surface area contributed by atoms with Gasteiger partial charge in [0, 0.05) is 31.1 Å². The van der Waals surface area contributed by atoms with Crippen LogP contribution in [0, 0.1) is 0 Å². The van der Waals surface area contributed by atoms with E-state index in [1.807, 2.05) is 54.6 Å². The third-order valence-electron chi connectivity index (χ3n) is 4.55. The van der Waals surface area contributed by atoms with E-state index in [0.29, 0.717) is 24.7 Å². The monoisotopic (exact) mass is 371 g/mol. The van der Waals surface area contributed by atoms with E-state index >= 15 is 0 Å². The van der Waals surface area contributed by atoms with Gasteiger partial charge in [-0.2, -0.15) is 0 Å². The molecule has 2 amide bonds. The summed E-state index contributed by atoms with van der Waals surface area (Å²) in [5, 5.41) is 3.99. The number of halogens is 1. The van der Waals surface area contributed by atoms with Gasteiger partial charge in [0.2, 0.25) is 11.8 Å². The van der Waals surface area contributed by atoms with Crippen LogP contribution in [0.5, 0.6) is 0 Å². The Hall–Kier alpha value is -2.37. The lowest BCUT2D eigenvalue weighted by Gasteiger charge is -2.33. The van der Waals surface area contributed by atoms with Crippen molar-refractivity contribution in [2.75, 3.05) is 20.3 Å². The lowest BCUT2D eigenvalue weighted by Crippen LogP contribution is -2.50. The number of nitrogens with one attached hydrogen (secondary N) is 1. The molecule has 0 aromatic heterocycles. The molecule has 1 saturated heterocycles. The van der Waals surface area contributed by atoms with E-state index in [0.717, 1.165) is 11.1 Å². The quantitative estimate of drug-likeness (QED) is 0.879. The van der Waals surface area contributed by atoms with Crippen LogP contribution in [0.3, 0.4) is 0 Å². The molecular weight excluding hydrogens is 350 g/mol. The SMILES string of the molecule is CN(Cc1ccccc1)C(=O)CN1CNC(c2ccc(Cl)cc2)CC1=O. The van der Waals surface area contributed by atoms with Gasteiger partial charge < -0.3 is 9.80 Å². The summed E-state index contributed by atoms with van der Waals surface area (Å²) >= 11 is 5.91. The molecular formula is C20H22ClN3O2.